The molecule has 7 aromatic carbocycles. The van der Waals surface area contributed by atoms with E-state index in [0.717, 1.165) is 55.6 Å². The highest BCUT2D eigenvalue weighted by atomic mass is 16.3. The van der Waals surface area contributed by atoms with Gasteiger partial charge in [-0.2, -0.15) is 0 Å². The fourth-order valence-electron chi connectivity index (χ4n) is 7.49. The lowest BCUT2D eigenvalue weighted by atomic mass is 9.93. The van der Waals surface area contributed by atoms with Crippen molar-refractivity contribution in [2.75, 3.05) is 0 Å². The standard InChI is InChI=1S/C45H27NO/c1-3-11-28(12-4-1)31-26-40(29-13-5-2-6-14-29)46-41(27-31)38-19-10-20-43-45(38)39-25-30(21-24-42(39)47-43)32-22-23-37-34-16-8-7-15-33(34)36-18-9-17-35(32)44(36)37/h1-27H. The van der Waals surface area contributed by atoms with Crippen LogP contribution >= 0.6 is 0 Å². The number of fused-ring (bicyclic) bond motifs is 6. The number of hydrogen-bond donors (Lipinski definition) is 0. The van der Waals surface area contributed by atoms with Crippen LogP contribution in [0.2, 0.25) is 0 Å². The minimum Gasteiger partial charge on any atom is -0.456 e. The Morgan fingerprint density at radius 2 is 0.957 bits per heavy atom. The lowest BCUT2D eigenvalue weighted by molar-refractivity contribution is 0.669. The van der Waals surface area contributed by atoms with Crippen molar-refractivity contribution in [1.29, 1.82) is 0 Å². The first-order valence-corrected chi connectivity index (χ1v) is 16.0. The van der Waals surface area contributed by atoms with Crippen molar-refractivity contribution in [2.24, 2.45) is 0 Å². The molecule has 2 heterocycles. The first-order chi connectivity index (χ1) is 23.3. The van der Waals surface area contributed by atoms with Gasteiger partial charge in [-0.1, -0.05) is 133 Å². The highest BCUT2D eigenvalue weighted by Gasteiger charge is 2.23. The van der Waals surface area contributed by atoms with Gasteiger partial charge in [0.15, 0.2) is 0 Å². The Morgan fingerprint density at radius 3 is 1.77 bits per heavy atom. The monoisotopic (exact) mass is 597 g/mol. The van der Waals surface area contributed by atoms with E-state index in [1.54, 1.807) is 0 Å². The second-order valence-corrected chi connectivity index (χ2v) is 12.3. The lowest BCUT2D eigenvalue weighted by Gasteiger charge is -2.12. The Labute approximate surface area is 272 Å². The third-order valence-electron chi connectivity index (χ3n) is 9.63. The maximum atomic E-state index is 6.49. The summed E-state index contributed by atoms with van der Waals surface area (Å²) in [5.41, 5.74) is 15.7. The minimum atomic E-state index is 0.860. The maximum absolute atomic E-state index is 6.49. The van der Waals surface area contributed by atoms with Crippen molar-refractivity contribution < 1.29 is 4.42 Å². The Bertz CT molecular complexity index is 2580. The fourth-order valence-corrected chi connectivity index (χ4v) is 7.49. The molecule has 0 saturated carbocycles. The molecule has 0 radical (unpaired) electrons. The number of aromatic nitrogens is 1. The Hall–Kier alpha value is -6.25. The van der Waals surface area contributed by atoms with Gasteiger partial charge in [0, 0.05) is 21.9 Å². The maximum Gasteiger partial charge on any atom is 0.136 e. The van der Waals surface area contributed by atoms with Crippen LogP contribution in [0.4, 0.5) is 0 Å². The molecular formula is C45H27NO. The number of furan rings is 1. The Morgan fingerprint density at radius 1 is 0.319 bits per heavy atom. The van der Waals surface area contributed by atoms with E-state index in [1.807, 2.05) is 6.07 Å². The van der Waals surface area contributed by atoms with Crippen molar-refractivity contribution in [3.8, 4) is 67.0 Å². The summed E-state index contributed by atoms with van der Waals surface area (Å²) >= 11 is 0. The summed E-state index contributed by atoms with van der Waals surface area (Å²) in [4.78, 5) is 5.26. The third kappa shape index (κ3) is 4.02. The van der Waals surface area contributed by atoms with Gasteiger partial charge in [0.25, 0.3) is 0 Å². The molecule has 10 rings (SSSR count). The second kappa shape index (κ2) is 10.1. The van der Waals surface area contributed by atoms with E-state index >= 15 is 0 Å². The largest absolute Gasteiger partial charge is 0.456 e. The molecule has 2 nitrogen and oxygen atoms in total. The summed E-state index contributed by atoms with van der Waals surface area (Å²) in [6, 6.07) is 58.3. The highest BCUT2D eigenvalue weighted by molar-refractivity contribution is 6.19. The van der Waals surface area contributed by atoms with E-state index in [-0.39, 0.29) is 0 Å². The van der Waals surface area contributed by atoms with Gasteiger partial charge in [-0.3, -0.25) is 0 Å². The molecule has 1 aliphatic carbocycles. The molecule has 0 aliphatic heterocycles. The topological polar surface area (TPSA) is 26.0 Å². The van der Waals surface area contributed by atoms with Crippen LogP contribution in [-0.2, 0) is 0 Å². The van der Waals surface area contributed by atoms with Crippen molar-refractivity contribution in [1.82, 2.24) is 4.98 Å². The summed E-state index contributed by atoms with van der Waals surface area (Å²) in [5, 5.41) is 4.78. The normalized spacial score (nSPS) is 11.8. The molecule has 2 heteroatoms. The van der Waals surface area contributed by atoms with Gasteiger partial charge in [0.1, 0.15) is 11.2 Å². The lowest BCUT2D eigenvalue weighted by Crippen LogP contribution is -1.91. The molecule has 0 saturated heterocycles. The summed E-state index contributed by atoms with van der Waals surface area (Å²) in [7, 11) is 0. The minimum absolute atomic E-state index is 0.860. The van der Waals surface area contributed by atoms with E-state index in [1.165, 1.54) is 44.2 Å². The molecule has 0 fully saturated rings. The number of pyridine rings is 1. The van der Waals surface area contributed by atoms with Crippen molar-refractivity contribution in [3.05, 3.63) is 164 Å². The Balaban J connectivity index is 1.19. The van der Waals surface area contributed by atoms with Gasteiger partial charge in [0.05, 0.1) is 11.4 Å². The molecule has 0 unspecified atom stereocenters. The first kappa shape index (κ1) is 26.0. The first-order valence-electron chi connectivity index (χ1n) is 16.0. The zero-order valence-electron chi connectivity index (χ0n) is 25.4. The average molecular weight is 598 g/mol. The Kier molecular flexibility index (Phi) is 5.61. The van der Waals surface area contributed by atoms with Crippen LogP contribution in [0, 0.1) is 0 Å². The van der Waals surface area contributed by atoms with Crippen LogP contribution in [-0.4, -0.2) is 4.98 Å². The predicted molar refractivity (Wildman–Crippen MR) is 195 cm³/mol. The van der Waals surface area contributed by atoms with Gasteiger partial charge in [-0.05, 0) is 85.6 Å². The van der Waals surface area contributed by atoms with Crippen LogP contribution in [0.3, 0.4) is 0 Å². The number of benzene rings is 7. The van der Waals surface area contributed by atoms with E-state index in [0.29, 0.717) is 0 Å². The van der Waals surface area contributed by atoms with Crippen LogP contribution in [0.15, 0.2) is 168 Å². The molecular weight excluding hydrogens is 571 g/mol. The quantitative estimate of drug-likeness (QED) is 0.202. The van der Waals surface area contributed by atoms with Crippen molar-refractivity contribution in [3.63, 3.8) is 0 Å². The third-order valence-corrected chi connectivity index (χ3v) is 9.63. The molecule has 1 aliphatic rings. The van der Waals surface area contributed by atoms with Crippen molar-refractivity contribution in [2.45, 2.75) is 0 Å². The molecule has 0 bridgehead atoms. The molecule has 0 atom stereocenters. The summed E-state index contributed by atoms with van der Waals surface area (Å²) < 4.78 is 6.49. The molecule has 2 aromatic heterocycles. The van der Waals surface area contributed by atoms with E-state index in [4.69, 9.17) is 9.40 Å². The molecule has 47 heavy (non-hydrogen) atoms. The van der Waals surface area contributed by atoms with Crippen molar-refractivity contribution >= 4 is 32.7 Å². The SMILES string of the molecule is c1ccc(-c2cc(-c3ccccc3)nc(-c3cccc4oc5ccc(-c6ccc7c8c(cccc68)-c6ccccc6-7)cc5c34)c2)cc1. The van der Waals surface area contributed by atoms with Gasteiger partial charge in [-0.15, -0.1) is 0 Å². The molecule has 218 valence electrons. The van der Waals surface area contributed by atoms with Gasteiger partial charge in [0.2, 0.25) is 0 Å². The van der Waals surface area contributed by atoms with E-state index in [9.17, 15) is 0 Å². The zero-order chi connectivity index (χ0) is 30.9. The molecule has 0 N–H and O–H groups in total. The molecule has 0 spiro atoms. The summed E-state index contributed by atoms with van der Waals surface area (Å²) in [5.74, 6) is 0. The number of nitrogens with zero attached hydrogens (tertiary/aromatic N) is 1. The molecule has 9 aromatic rings. The average Bonchev–Trinajstić information content (AvgIpc) is 3.69. The van der Waals surface area contributed by atoms with Crippen LogP contribution in [0.25, 0.3) is 99.7 Å². The predicted octanol–water partition coefficient (Wildman–Crippen LogP) is 12.4. The number of hydrogen-bond acceptors (Lipinski definition) is 2. The van der Waals surface area contributed by atoms with Crippen LogP contribution < -0.4 is 0 Å². The van der Waals surface area contributed by atoms with Gasteiger partial charge in [-0.25, -0.2) is 4.98 Å². The fraction of sp³-hybridized carbons (Fsp3) is 0. The van der Waals surface area contributed by atoms with Gasteiger partial charge >= 0.3 is 0 Å². The van der Waals surface area contributed by atoms with Crippen LogP contribution in [0.1, 0.15) is 0 Å². The number of rotatable bonds is 4. The second-order valence-electron chi connectivity index (χ2n) is 12.3. The van der Waals surface area contributed by atoms with Gasteiger partial charge < -0.3 is 4.42 Å². The summed E-state index contributed by atoms with van der Waals surface area (Å²) in [6.45, 7) is 0. The highest BCUT2D eigenvalue weighted by Crippen LogP contribution is 2.49. The van der Waals surface area contributed by atoms with Crippen LogP contribution in [0.5, 0.6) is 0 Å². The van der Waals surface area contributed by atoms with E-state index < -0.39 is 0 Å². The summed E-state index contributed by atoms with van der Waals surface area (Å²) in [6.07, 6.45) is 0. The zero-order valence-corrected chi connectivity index (χ0v) is 25.4. The van der Waals surface area contributed by atoms with E-state index in [2.05, 4.69) is 158 Å². The smallest absolute Gasteiger partial charge is 0.136 e. The molecule has 0 amide bonds.